The van der Waals surface area contributed by atoms with Gasteiger partial charge in [0.1, 0.15) is 0 Å². The van der Waals surface area contributed by atoms with Gasteiger partial charge in [0.05, 0.1) is 6.04 Å². The second-order valence-corrected chi connectivity index (χ2v) is 2.94. The number of likely N-dealkylation sites (N-methyl/N-ethyl adjacent to an activating group) is 1. The van der Waals surface area contributed by atoms with E-state index < -0.39 is 6.04 Å². The van der Waals surface area contributed by atoms with E-state index in [1.807, 2.05) is 19.0 Å². The van der Waals surface area contributed by atoms with Crippen LogP contribution in [0.3, 0.4) is 0 Å². The lowest BCUT2D eigenvalue weighted by Gasteiger charge is -2.12. The molecule has 0 aliphatic rings. The lowest BCUT2D eigenvalue weighted by atomic mass is 10.3. The van der Waals surface area contributed by atoms with E-state index in [9.17, 15) is 4.79 Å². The summed E-state index contributed by atoms with van der Waals surface area (Å²) < 4.78 is 0. The maximum atomic E-state index is 11.0. The molecule has 0 rings (SSSR count). The van der Waals surface area contributed by atoms with Gasteiger partial charge in [-0.15, -0.1) is 0 Å². The highest BCUT2D eigenvalue weighted by Gasteiger charge is 2.09. The molecule has 0 aromatic rings. The van der Waals surface area contributed by atoms with Gasteiger partial charge in [-0.05, 0) is 14.1 Å². The van der Waals surface area contributed by atoms with E-state index >= 15 is 0 Å². The highest BCUT2D eigenvalue weighted by molar-refractivity contribution is 5.81. The first-order valence-electron chi connectivity index (χ1n) is 3.96. The van der Waals surface area contributed by atoms with Crippen LogP contribution in [-0.2, 0) is 4.79 Å². The van der Waals surface area contributed by atoms with Crippen LogP contribution in [0.1, 0.15) is 0 Å². The molecule has 0 saturated carbocycles. The lowest BCUT2D eigenvalue weighted by Crippen LogP contribution is -2.46. The molecule has 0 radical (unpaired) electrons. The quantitative estimate of drug-likeness (QED) is 0.448. The number of nitrogens with one attached hydrogen (secondary N) is 1. The summed E-state index contributed by atoms with van der Waals surface area (Å²) in [5, 5.41) is 2.68. The van der Waals surface area contributed by atoms with E-state index in [-0.39, 0.29) is 12.5 Å². The van der Waals surface area contributed by atoms with Gasteiger partial charge < -0.3 is 21.7 Å². The zero-order valence-corrected chi connectivity index (χ0v) is 7.71. The standard InChI is InChI=1S/C7H18N4O/c1-11(2)4-3-10-7(12)6(9)5-8/h6H,3-5,8-9H2,1-2H3,(H,10,12). The van der Waals surface area contributed by atoms with Gasteiger partial charge in [-0.2, -0.15) is 0 Å². The maximum Gasteiger partial charge on any atom is 0.238 e. The van der Waals surface area contributed by atoms with Crippen molar-refractivity contribution in [3.05, 3.63) is 0 Å². The van der Waals surface area contributed by atoms with Crippen LogP contribution in [0.15, 0.2) is 0 Å². The molecule has 0 bridgehead atoms. The van der Waals surface area contributed by atoms with Crippen LogP contribution in [0.25, 0.3) is 0 Å². The molecule has 0 heterocycles. The fourth-order valence-corrected chi connectivity index (χ4v) is 0.641. The molecule has 0 aliphatic heterocycles. The summed E-state index contributed by atoms with van der Waals surface area (Å²) in [7, 11) is 3.88. The number of rotatable bonds is 5. The summed E-state index contributed by atoms with van der Waals surface area (Å²) in [4.78, 5) is 13.0. The van der Waals surface area contributed by atoms with Gasteiger partial charge in [0.25, 0.3) is 0 Å². The summed E-state index contributed by atoms with van der Waals surface area (Å²) >= 11 is 0. The van der Waals surface area contributed by atoms with E-state index in [1.165, 1.54) is 0 Å². The van der Waals surface area contributed by atoms with E-state index in [0.29, 0.717) is 6.54 Å². The number of carbonyl (C=O) groups excluding carboxylic acids is 1. The molecular weight excluding hydrogens is 156 g/mol. The predicted molar refractivity (Wildman–Crippen MR) is 48.6 cm³/mol. The highest BCUT2D eigenvalue weighted by Crippen LogP contribution is 1.75. The summed E-state index contributed by atoms with van der Waals surface area (Å²) in [6.07, 6.45) is 0. The topological polar surface area (TPSA) is 84.4 Å². The second kappa shape index (κ2) is 5.93. The van der Waals surface area contributed by atoms with Crippen LogP contribution in [0.5, 0.6) is 0 Å². The van der Waals surface area contributed by atoms with Crippen LogP contribution in [-0.4, -0.2) is 50.6 Å². The summed E-state index contributed by atoms with van der Waals surface area (Å²) in [5.41, 5.74) is 10.6. The van der Waals surface area contributed by atoms with Gasteiger partial charge in [-0.25, -0.2) is 0 Å². The van der Waals surface area contributed by atoms with Crippen LogP contribution >= 0.6 is 0 Å². The number of hydrogen-bond acceptors (Lipinski definition) is 4. The zero-order chi connectivity index (χ0) is 9.56. The fraction of sp³-hybridized carbons (Fsp3) is 0.857. The van der Waals surface area contributed by atoms with E-state index in [1.54, 1.807) is 0 Å². The van der Waals surface area contributed by atoms with Crippen molar-refractivity contribution in [1.29, 1.82) is 0 Å². The number of nitrogens with two attached hydrogens (primary N) is 2. The third-order valence-corrected chi connectivity index (χ3v) is 1.45. The van der Waals surface area contributed by atoms with Crippen LogP contribution in [0.2, 0.25) is 0 Å². The Labute approximate surface area is 73.1 Å². The first-order valence-corrected chi connectivity index (χ1v) is 3.96. The summed E-state index contributed by atoms with van der Waals surface area (Å²) in [6, 6.07) is -0.577. The Morgan fingerprint density at radius 2 is 2.17 bits per heavy atom. The van der Waals surface area contributed by atoms with Gasteiger partial charge in [0.2, 0.25) is 5.91 Å². The van der Waals surface area contributed by atoms with E-state index in [0.717, 1.165) is 6.54 Å². The Hall–Kier alpha value is -0.650. The Balaban J connectivity index is 3.44. The lowest BCUT2D eigenvalue weighted by molar-refractivity contribution is -0.122. The molecule has 0 aromatic carbocycles. The van der Waals surface area contributed by atoms with E-state index in [2.05, 4.69) is 5.32 Å². The van der Waals surface area contributed by atoms with Crippen LogP contribution in [0, 0.1) is 0 Å². The minimum absolute atomic E-state index is 0.181. The second-order valence-electron chi connectivity index (χ2n) is 2.94. The van der Waals surface area contributed by atoms with Crippen molar-refractivity contribution in [2.45, 2.75) is 6.04 Å². The number of nitrogens with zero attached hydrogens (tertiary/aromatic N) is 1. The molecule has 1 amide bonds. The SMILES string of the molecule is CN(C)CCNC(=O)C(N)CN. The minimum atomic E-state index is -0.577. The average molecular weight is 174 g/mol. The van der Waals surface area contributed by atoms with Crippen molar-refractivity contribution >= 4 is 5.91 Å². The Morgan fingerprint density at radius 3 is 2.58 bits per heavy atom. The molecule has 5 N–H and O–H groups in total. The van der Waals surface area contributed by atoms with Crippen LogP contribution in [0.4, 0.5) is 0 Å². The molecule has 0 aliphatic carbocycles. The predicted octanol–water partition coefficient (Wildman–Crippen LogP) is -2.05. The minimum Gasteiger partial charge on any atom is -0.353 e. The summed E-state index contributed by atoms with van der Waals surface area (Å²) in [6.45, 7) is 1.61. The van der Waals surface area contributed by atoms with Crippen LogP contribution < -0.4 is 16.8 Å². The van der Waals surface area contributed by atoms with Gasteiger partial charge in [-0.3, -0.25) is 4.79 Å². The highest BCUT2D eigenvalue weighted by atomic mass is 16.2. The normalized spacial score (nSPS) is 13.1. The number of hydrogen-bond donors (Lipinski definition) is 3. The molecule has 0 fully saturated rings. The average Bonchev–Trinajstić information content (AvgIpc) is 2.02. The van der Waals surface area contributed by atoms with Gasteiger partial charge >= 0.3 is 0 Å². The third kappa shape index (κ3) is 5.06. The first-order chi connectivity index (χ1) is 5.57. The molecule has 0 aromatic heterocycles. The molecule has 0 saturated heterocycles. The molecular formula is C7H18N4O. The van der Waals surface area contributed by atoms with Crippen molar-refractivity contribution in [3.63, 3.8) is 0 Å². The molecule has 0 spiro atoms. The number of amides is 1. The molecule has 1 atom stereocenters. The molecule has 1 unspecified atom stereocenters. The molecule has 12 heavy (non-hydrogen) atoms. The Bertz CT molecular complexity index is 137. The zero-order valence-electron chi connectivity index (χ0n) is 7.71. The summed E-state index contributed by atoms with van der Waals surface area (Å²) in [5.74, 6) is -0.181. The van der Waals surface area contributed by atoms with Crippen molar-refractivity contribution in [2.24, 2.45) is 11.5 Å². The monoisotopic (exact) mass is 174 g/mol. The molecule has 5 nitrogen and oxygen atoms in total. The Morgan fingerprint density at radius 1 is 1.58 bits per heavy atom. The van der Waals surface area contributed by atoms with Crippen molar-refractivity contribution in [2.75, 3.05) is 33.7 Å². The van der Waals surface area contributed by atoms with Gasteiger partial charge in [-0.1, -0.05) is 0 Å². The van der Waals surface area contributed by atoms with Crippen molar-refractivity contribution < 1.29 is 4.79 Å². The third-order valence-electron chi connectivity index (χ3n) is 1.45. The van der Waals surface area contributed by atoms with Gasteiger partial charge in [0, 0.05) is 19.6 Å². The smallest absolute Gasteiger partial charge is 0.238 e. The fourth-order valence-electron chi connectivity index (χ4n) is 0.641. The molecule has 72 valence electrons. The first kappa shape index (κ1) is 11.4. The number of carbonyl (C=O) groups is 1. The maximum absolute atomic E-state index is 11.0. The molecule has 5 heteroatoms. The van der Waals surface area contributed by atoms with Crippen molar-refractivity contribution in [1.82, 2.24) is 10.2 Å². The van der Waals surface area contributed by atoms with Crippen molar-refractivity contribution in [3.8, 4) is 0 Å². The van der Waals surface area contributed by atoms with Gasteiger partial charge in [0.15, 0.2) is 0 Å². The largest absolute Gasteiger partial charge is 0.353 e. The van der Waals surface area contributed by atoms with E-state index in [4.69, 9.17) is 11.5 Å². The Kier molecular flexibility index (Phi) is 5.61.